The van der Waals surface area contributed by atoms with Crippen LogP contribution in [0.4, 0.5) is 0 Å². The van der Waals surface area contributed by atoms with Crippen LogP contribution in [-0.4, -0.2) is 21.0 Å². The van der Waals surface area contributed by atoms with Crippen molar-refractivity contribution in [1.82, 2.24) is 9.97 Å². The molecule has 0 aliphatic heterocycles. The maximum Gasteiger partial charge on any atom is 0.354 e. The van der Waals surface area contributed by atoms with Gasteiger partial charge in [-0.3, -0.25) is 0 Å². The Morgan fingerprint density at radius 3 is 2.84 bits per heavy atom. The molecule has 2 heterocycles. The summed E-state index contributed by atoms with van der Waals surface area (Å²) >= 11 is 0. The second-order valence-corrected chi connectivity index (χ2v) is 6.89. The molecular weight excluding hydrogens is 312 g/mol. The lowest BCUT2D eigenvalue weighted by Gasteiger charge is -2.12. The zero-order valence-corrected chi connectivity index (χ0v) is 14.4. The Hall–Kier alpha value is -2.62. The van der Waals surface area contributed by atoms with Crippen LogP contribution in [0, 0.1) is 6.92 Å². The number of aryl methyl sites for hydroxylation is 1. The molecule has 0 radical (unpaired) electrons. The first-order chi connectivity index (χ1) is 12.1. The third kappa shape index (κ3) is 2.82. The van der Waals surface area contributed by atoms with Gasteiger partial charge in [0.05, 0.1) is 11.7 Å². The summed E-state index contributed by atoms with van der Waals surface area (Å²) in [5, 5.41) is 11.4. The van der Waals surface area contributed by atoms with Crippen molar-refractivity contribution < 1.29 is 9.90 Å². The quantitative estimate of drug-likeness (QED) is 0.654. The predicted molar refractivity (Wildman–Crippen MR) is 101 cm³/mol. The Bertz CT molecular complexity index is 998. The molecule has 0 fully saturated rings. The molecule has 3 aromatic rings. The van der Waals surface area contributed by atoms with Gasteiger partial charge in [0.25, 0.3) is 0 Å². The van der Waals surface area contributed by atoms with Gasteiger partial charge in [-0.2, -0.15) is 0 Å². The molecule has 0 atom stereocenters. The number of benzene rings is 1. The van der Waals surface area contributed by atoms with Gasteiger partial charge < -0.3 is 10.1 Å². The molecule has 0 saturated heterocycles. The molecule has 2 aromatic heterocycles. The summed E-state index contributed by atoms with van der Waals surface area (Å²) in [6.07, 6.45) is 11.4. The average molecular weight is 334 g/mol. The van der Waals surface area contributed by atoms with Crippen LogP contribution in [0.5, 0.6) is 0 Å². The van der Waals surface area contributed by atoms with Crippen molar-refractivity contribution in [3.63, 3.8) is 0 Å². The maximum absolute atomic E-state index is 11.4. The average Bonchev–Trinajstić information content (AvgIpc) is 2.93. The van der Waals surface area contributed by atoms with Crippen LogP contribution in [-0.2, 0) is 0 Å². The van der Waals surface area contributed by atoms with E-state index in [0.29, 0.717) is 0 Å². The second kappa shape index (κ2) is 6.36. The lowest BCUT2D eigenvalue weighted by molar-refractivity contribution is 0.0690. The number of H-pyrrole nitrogens is 1. The highest BCUT2D eigenvalue weighted by Crippen LogP contribution is 2.33. The molecule has 1 aliphatic rings. The van der Waals surface area contributed by atoms with Gasteiger partial charge in [-0.1, -0.05) is 25.0 Å². The lowest BCUT2D eigenvalue weighted by Crippen LogP contribution is -2.03. The van der Waals surface area contributed by atoms with Crippen LogP contribution in [0.25, 0.3) is 27.4 Å². The van der Waals surface area contributed by atoms with E-state index in [0.717, 1.165) is 40.2 Å². The van der Waals surface area contributed by atoms with Gasteiger partial charge in [0.1, 0.15) is 0 Å². The fourth-order valence-corrected chi connectivity index (χ4v) is 3.93. The number of fused-ring (bicyclic) bond motifs is 3. The highest BCUT2D eigenvalue weighted by molar-refractivity contribution is 6.11. The topological polar surface area (TPSA) is 66.0 Å². The van der Waals surface area contributed by atoms with Gasteiger partial charge in [-0.25, -0.2) is 9.78 Å². The van der Waals surface area contributed by atoms with Crippen LogP contribution in [0.2, 0.25) is 0 Å². The Kier molecular flexibility index (Phi) is 4.04. The van der Waals surface area contributed by atoms with E-state index in [1.165, 1.54) is 36.8 Å². The molecule has 0 unspecified atom stereocenters. The summed E-state index contributed by atoms with van der Waals surface area (Å²) in [7, 11) is 0. The number of allylic oxidation sites excluding steroid dienone is 2. The van der Waals surface area contributed by atoms with Gasteiger partial charge in [-0.05, 0) is 61.4 Å². The molecule has 2 N–H and O–H groups in total. The number of nitrogens with zero attached hydrogens (tertiary/aromatic N) is 1. The molecule has 4 nitrogen and oxygen atoms in total. The third-order valence-corrected chi connectivity index (χ3v) is 5.24. The van der Waals surface area contributed by atoms with Crippen molar-refractivity contribution in [3.8, 4) is 0 Å². The number of pyridine rings is 1. The molecule has 4 rings (SSSR count). The standard InChI is InChI=1S/C21H22N2O2/c1-13-19-16-11-15(14-7-5-3-2-4-6-8-14)9-10-17(16)23-18(19)12-22-20(13)21(24)25/h7,9-12,23H,2-6,8H2,1H3,(H,24,25). The number of carboxylic acids is 1. The molecule has 0 spiro atoms. The fourth-order valence-electron chi connectivity index (χ4n) is 3.93. The smallest absolute Gasteiger partial charge is 0.354 e. The number of nitrogens with one attached hydrogen (secondary N) is 1. The van der Waals surface area contributed by atoms with E-state index < -0.39 is 5.97 Å². The SMILES string of the molecule is Cc1c(C(=O)O)ncc2[nH]c3ccc(C4=CCCCCCC4)cc3c12. The van der Waals surface area contributed by atoms with Crippen LogP contribution in [0.3, 0.4) is 0 Å². The fraction of sp³-hybridized carbons (Fsp3) is 0.333. The van der Waals surface area contributed by atoms with Crippen molar-refractivity contribution in [2.45, 2.75) is 45.4 Å². The van der Waals surface area contributed by atoms with Gasteiger partial charge >= 0.3 is 5.97 Å². The Balaban J connectivity index is 1.90. The zero-order chi connectivity index (χ0) is 17.4. The molecular formula is C21H22N2O2. The highest BCUT2D eigenvalue weighted by atomic mass is 16.4. The first-order valence-electron chi connectivity index (χ1n) is 8.99. The minimum atomic E-state index is -0.979. The van der Waals surface area contributed by atoms with Crippen molar-refractivity contribution >= 4 is 33.3 Å². The molecule has 128 valence electrons. The molecule has 0 saturated carbocycles. The number of carbonyl (C=O) groups is 1. The van der Waals surface area contributed by atoms with E-state index in [1.807, 2.05) is 6.92 Å². The molecule has 0 amide bonds. The summed E-state index contributed by atoms with van der Waals surface area (Å²) in [6, 6.07) is 6.48. The number of aromatic nitrogens is 2. The van der Waals surface area contributed by atoms with E-state index in [1.54, 1.807) is 6.20 Å². The highest BCUT2D eigenvalue weighted by Gasteiger charge is 2.16. The number of aromatic amines is 1. The predicted octanol–water partition coefficient (Wildman–Crippen LogP) is 5.46. The summed E-state index contributed by atoms with van der Waals surface area (Å²) in [5.74, 6) is -0.979. The van der Waals surface area contributed by atoms with Crippen molar-refractivity contribution in [2.75, 3.05) is 0 Å². The summed E-state index contributed by atoms with van der Waals surface area (Å²) in [4.78, 5) is 18.9. The molecule has 25 heavy (non-hydrogen) atoms. The van der Waals surface area contributed by atoms with E-state index >= 15 is 0 Å². The van der Waals surface area contributed by atoms with E-state index in [-0.39, 0.29) is 5.69 Å². The minimum absolute atomic E-state index is 0.129. The van der Waals surface area contributed by atoms with Crippen LogP contribution in [0.15, 0.2) is 30.5 Å². The number of aromatic carboxylic acids is 1. The van der Waals surface area contributed by atoms with Crippen LogP contribution >= 0.6 is 0 Å². The number of hydrogen-bond donors (Lipinski definition) is 2. The molecule has 4 heteroatoms. The summed E-state index contributed by atoms with van der Waals surface area (Å²) in [6.45, 7) is 1.84. The Labute approximate surface area is 146 Å². The first kappa shape index (κ1) is 15.9. The van der Waals surface area contributed by atoms with Crippen molar-refractivity contribution in [1.29, 1.82) is 0 Å². The van der Waals surface area contributed by atoms with Crippen LogP contribution in [0.1, 0.15) is 60.1 Å². The Morgan fingerprint density at radius 1 is 1.16 bits per heavy atom. The number of carboxylic acid groups (broad SMARTS) is 1. The number of rotatable bonds is 2. The van der Waals surface area contributed by atoms with Gasteiger partial charge in [0.2, 0.25) is 0 Å². The van der Waals surface area contributed by atoms with Gasteiger partial charge in [0.15, 0.2) is 5.69 Å². The Morgan fingerprint density at radius 2 is 2.00 bits per heavy atom. The van der Waals surface area contributed by atoms with Crippen LogP contribution < -0.4 is 0 Å². The monoisotopic (exact) mass is 334 g/mol. The van der Waals surface area contributed by atoms with Gasteiger partial charge in [-0.15, -0.1) is 0 Å². The largest absolute Gasteiger partial charge is 0.477 e. The summed E-state index contributed by atoms with van der Waals surface area (Å²) < 4.78 is 0. The number of hydrogen-bond acceptors (Lipinski definition) is 2. The maximum atomic E-state index is 11.4. The second-order valence-electron chi connectivity index (χ2n) is 6.89. The van der Waals surface area contributed by atoms with Crippen molar-refractivity contribution in [2.24, 2.45) is 0 Å². The van der Waals surface area contributed by atoms with Crippen molar-refractivity contribution in [3.05, 3.63) is 47.3 Å². The van der Waals surface area contributed by atoms with E-state index in [2.05, 4.69) is 34.2 Å². The van der Waals surface area contributed by atoms with E-state index in [9.17, 15) is 9.90 Å². The first-order valence-corrected chi connectivity index (χ1v) is 8.99. The molecule has 1 aromatic carbocycles. The summed E-state index contributed by atoms with van der Waals surface area (Å²) in [5.41, 5.74) is 5.44. The van der Waals surface area contributed by atoms with E-state index in [4.69, 9.17) is 0 Å². The third-order valence-electron chi connectivity index (χ3n) is 5.24. The molecule has 1 aliphatic carbocycles. The molecule has 0 bridgehead atoms. The normalized spacial score (nSPS) is 15.8. The van der Waals surface area contributed by atoms with Gasteiger partial charge in [0, 0.05) is 16.3 Å². The lowest BCUT2D eigenvalue weighted by atomic mass is 9.93. The zero-order valence-electron chi connectivity index (χ0n) is 14.4. The minimum Gasteiger partial charge on any atom is -0.477 e.